The van der Waals surface area contributed by atoms with Crippen molar-refractivity contribution >= 4 is 33.3 Å². The SMILES string of the molecule is CCOc1ccc(Br)cc1-c1cc(-c2ccccc2Cl)nc(N)c1C#N. The zero-order valence-corrected chi connectivity index (χ0v) is 16.3. The van der Waals surface area contributed by atoms with E-state index >= 15 is 0 Å². The van der Waals surface area contributed by atoms with Gasteiger partial charge in [-0.1, -0.05) is 45.7 Å². The molecule has 3 rings (SSSR count). The number of hydrogen-bond donors (Lipinski definition) is 1. The molecule has 0 saturated heterocycles. The molecule has 3 aromatic rings. The Morgan fingerprint density at radius 3 is 2.62 bits per heavy atom. The average Bonchev–Trinajstić information content (AvgIpc) is 2.63. The summed E-state index contributed by atoms with van der Waals surface area (Å²) in [6.07, 6.45) is 0. The number of pyridine rings is 1. The summed E-state index contributed by atoms with van der Waals surface area (Å²) in [5.41, 5.74) is 9.16. The zero-order valence-electron chi connectivity index (χ0n) is 14.0. The summed E-state index contributed by atoms with van der Waals surface area (Å²) in [4.78, 5) is 4.38. The van der Waals surface area contributed by atoms with Crippen LogP contribution < -0.4 is 10.5 Å². The Kier molecular flexibility index (Phi) is 5.46. The minimum absolute atomic E-state index is 0.155. The molecule has 26 heavy (non-hydrogen) atoms. The van der Waals surface area contributed by atoms with Crippen LogP contribution in [0.1, 0.15) is 12.5 Å². The van der Waals surface area contributed by atoms with E-state index in [-0.39, 0.29) is 5.82 Å². The molecule has 0 spiro atoms. The molecule has 4 nitrogen and oxygen atoms in total. The first-order valence-electron chi connectivity index (χ1n) is 7.93. The molecule has 0 aliphatic heterocycles. The predicted molar refractivity (Wildman–Crippen MR) is 108 cm³/mol. The van der Waals surface area contributed by atoms with Crippen LogP contribution in [0.3, 0.4) is 0 Å². The van der Waals surface area contributed by atoms with Gasteiger partial charge < -0.3 is 10.5 Å². The predicted octanol–water partition coefficient (Wildman–Crippen LogP) is 5.68. The highest BCUT2D eigenvalue weighted by Gasteiger charge is 2.18. The monoisotopic (exact) mass is 427 g/mol. The number of hydrogen-bond acceptors (Lipinski definition) is 4. The third-order valence-electron chi connectivity index (χ3n) is 3.84. The van der Waals surface area contributed by atoms with Crippen LogP contribution in [-0.4, -0.2) is 11.6 Å². The van der Waals surface area contributed by atoms with Crippen molar-refractivity contribution in [3.8, 4) is 34.2 Å². The number of halogens is 2. The molecule has 1 heterocycles. The molecule has 0 unspecified atom stereocenters. The van der Waals surface area contributed by atoms with Crippen molar-refractivity contribution in [3.63, 3.8) is 0 Å². The topological polar surface area (TPSA) is 71.9 Å². The van der Waals surface area contributed by atoms with Gasteiger partial charge in [0.1, 0.15) is 23.2 Å². The first-order valence-corrected chi connectivity index (χ1v) is 9.10. The van der Waals surface area contributed by atoms with E-state index in [1.54, 1.807) is 6.07 Å². The molecular formula is C20H15BrClN3O. The third kappa shape index (κ3) is 3.52. The Balaban J connectivity index is 2.30. The summed E-state index contributed by atoms with van der Waals surface area (Å²) in [7, 11) is 0. The summed E-state index contributed by atoms with van der Waals surface area (Å²) < 4.78 is 6.61. The maximum absolute atomic E-state index is 9.62. The molecule has 0 aliphatic carbocycles. The lowest BCUT2D eigenvalue weighted by molar-refractivity contribution is 0.341. The van der Waals surface area contributed by atoms with Crippen molar-refractivity contribution in [1.82, 2.24) is 4.98 Å². The molecule has 2 N–H and O–H groups in total. The van der Waals surface area contributed by atoms with Crippen LogP contribution in [-0.2, 0) is 0 Å². The number of nitrogen functional groups attached to an aromatic ring is 1. The Bertz CT molecular complexity index is 1010. The first-order chi connectivity index (χ1) is 12.5. The van der Waals surface area contributed by atoms with Crippen LogP contribution in [0.5, 0.6) is 5.75 Å². The molecular weight excluding hydrogens is 414 g/mol. The summed E-state index contributed by atoms with van der Waals surface area (Å²) >= 11 is 9.79. The van der Waals surface area contributed by atoms with Crippen molar-refractivity contribution in [2.24, 2.45) is 0 Å². The van der Waals surface area contributed by atoms with E-state index in [4.69, 9.17) is 22.1 Å². The van der Waals surface area contributed by atoms with Crippen LogP contribution in [0.4, 0.5) is 5.82 Å². The van der Waals surface area contributed by atoms with E-state index in [0.717, 1.165) is 15.6 Å². The normalized spacial score (nSPS) is 10.4. The smallest absolute Gasteiger partial charge is 0.142 e. The summed E-state index contributed by atoms with van der Waals surface area (Å²) in [6, 6.07) is 17.0. The van der Waals surface area contributed by atoms with Crippen LogP contribution in [0, 0.1) is 11.3 Å². The lowest BCUT2D eigenvalue weighted by atomic mass is 9.97. The molecule has 6 heteroatoms. The van der Waals surface area contributed by atoms with Gasteiger partial charge in [-0.15, -0.1) is 0 Å². The zero-order chi connectivity index (χ0) is 18.7. The van der Waals surface area contributed by atoms with Crippen LogP contribution in [0.15, 0.2) is 53.0 Å². The van der Waals surface area contributed by atoms with Gasteiger partial charge >= 0.3 is 0 Å². The van der Waals surface area contributed by atoms with Gasteiger partial charge in [-0.2, -0.15) is 5.26 Å². The Labute approximate surface area is 165 Å². The van der Waals surface area contributed by atoms with Gasteiger partial charge in [-0.05, 0) is 37.3 Å². The average molecular weight is 429 g/mol. The summed E-state index contributed by atoms with van der Waals surface area (Å²) in [6.45, 7) is 2.42. The number of nitrogens with zero attached hydrogens (tertiary/aromatic N) is 2. The quantitative estimate of drug-likeness (QED) is 0.580. The highest BCUT2D eigenvalue weighted by molar-refractivity contribution is 9.10. The maximum atomic E-state index is 9.62. The molecule has 0 fully saturated rings. The van der Waals surface area contributed by atoms with Gasteiger partial charge in [0.2, 0.25) is 0 Å². The van der Waals surface area contributed by atoms with Gasteiger partial charge in [0.05, 0.1) is 12.3 Å². The fourth-order valence-electron chi connectivity index (χ4n) is 2.70. The number of aromatic nitrogens is 1. The minimum atomic E-state index is 0.155. The second-order valence-electron chi connectivity index (χ2n) is 5.48. The molecule has 1 aromatic heterocycles. The highest BCUT2D eigenvalue weighted by Crippen LogP contribution is 2.39. The van der Waals surface area contributed by atoms with E-state index < -0.39 is 0 Å². The molecule has 0 radical (unpaired) electrons. The number of benzene rings is 2. The Hall–Kier alpha value is -2.55. The van der Waals surface area contributed by atoms with Crippen molar-refractivity contribution in [1.29, 1.82) is 5.26 Å². The third-order valence-corrected chi connectivity index (χ3v) is 4.66. The van der Waals surface area contributed by atoms with Crippen molar-refractivity contribution < 1.29 is 4.74 Å². The number of nitriles is 1. The summed E-state index contributed by atoms with van der Waals surface area (Å²) in [5, 5.41) is 10.2. The number of rotatable bonds is 4. The van der Waals surface area contributed by atoms with E-state index in [9.17, 15) is 5.26 Å². The van der Waals surface area contributed by atoms with Crippen molar-refractivity contribution in [3.05, 3.63) is 63.6 Å². The standard InChI is InChI=1S/C20H15BrClN3O/c1-2-26-19-8-7-12(21)9-15(19)14-10-18(25-20(24)16(14)11-23)13-5-3-4-6-17(13)22/h3-10H,2H2,1H3,(H2,24,25). The lowest BCUT2D eigenvalue weighted by Gasteiger charge is -2.15. The van der Waals surface area contributed by atoms with Crippen LogP contribution in [0.2, 0.25) is 5.02 Å². The molecule has 130 valence electrons. The minimum Gasteiger partial charge on any atom is -0.493 e. The Morgan fingerprint density at radius 1 is 1.15 bits per heavy atom. The van der Waals surface area contributed by atoms with Gasteiger partial charge in [0.25, 0.3) is 0 Å². The first kappa shape index (κ1) is 18.2. The second kappa shape index (κ2) is 7.77. The second-order valence-corrected chi connectivity index (χ2v) is 6.80. The van der Waals surface area contributed by atoms with Crippen molar-refractivity contribution in [2.75, 3.05) is 12.3 Å². The summed E-state index contributed by atoms with van der Waals surface area (Å²) in [5.74, 6) is 0.824. The number of ether oxygens (including phenoxy) is 1. The van der Waals surface area contributed by atoms with Gasteiger partial charge in [0, 0.05) is 26.2 Å². The van der Waals surface area contributed by atoms with E-state index in [1.165, 1.54) is 0 Å². The molecule has 0 amide bonds. The van der Waals surface area contributed by atoms with Crippen molar-refractivity contribution in [2.45, 2.75) is 6.92 Å². The lowest BCUT2D eigenvalue weighted by Crippen LogP contribution is -2.01. The van der Waals surface area contributed by atoms with Crippen LogP contribution >= 0.6 is 27.5 Å². The maximum Gasteiger partial charge on any atom is 0.142 e. The molecule has 0 saturated carbocycles. The van der Waals surface area contributed by atoms with Gasteiger partial charge in [0.15, 0.2) is 0 Å². The molecule has 0 aliphatic rings. The number of nitrogens with two attached hydrogens (primary N) is 1. The largest absolute Gasteiger partial charge is 0.493 e. The molecule has 0 bridgehead atoms. The Morgan fingerprint density at radius 2 is 1.92 bits per heavy atom. The fourth-order valence-corrected chi connectivity index (χ4v) is 3.29. The fraction of sp³-hybridized carbons (Fsp3) is 0.100. The van der Waals surface area contributed by atoms with Crippen LogP contribution in [0.25, 0.3) is 22.4 Å². The van der Waals surface area contributed by atoms with E-state index in [2.05, 4.69) is 27.0 Å². The number of anilines is 1. The van der Waals surface area contributed by atoms with E-state index in [0.29, 0.717) is 34.2 Å². The van der Waals surface area contributed by atoms with Gasteiger partial charge in [-0.3, -0.25) is 0 Å². The highest BCUT2D eigenvalue weighted by atomic mass is 79.9. The van der Waals surface area contributed by atoms with E-state index in [1.807, 2.05) is 49.4 Å². The van der Waals surface area contributed by atoms with Gasteiger partial charge in [-0.25, -0.2) is 4.98 Å². The molecule has 0 atom stereocenters. The molecule has 2 aromatic carbocycles.